The molecule has 28 heavy (non-hydrogen) atoms. The SMILES string of the molecule is O=C(O)c1ccncc1NC[C@H]1CCOc2cc(-c3csc(CF)c3)ccc21. The average molecular weight is 398 g/mol. The highest BCUT2D eigenvalue weighted by molar-refractivity contribution is 7.10. The summed E-state index contributed by atoms with van der Waals surface area (Å²) in [7, 11) is 0. The molecule has 0 amide bonds. The number of hydrogen-bond donors (Lipinski definition) is 2. The van der Waals surface area contributed by atoms with Gasteiger partial charge in [0, 0.05) is 23.5 Å². The second kappa shape index (κ2) is 7.98. The van der Waals surface area contributed by atoms with E-state index in [4.69, 9.17) is 4.74 Å². The maximum absolute atomic E-state index is 12.8. The van der Waals surface area contributed by atoms with Gasteiger partial charge in [-0.3, -0.25) is 4.98 Å². The van der Waals surface area contributed by atoms with Crippen molar-refractivity contribution in [3.05, 3.63) is 64.1 Å². The van der Waals surface area contributed by atoms with Gasteiger partial charge < -0.3 is 15.2 Å². The van der Waals surface area contributed by atoms with E-state index in [-0.39, 0.29) is 11.5 Å². The van der Waals surface area contributed by atoms with Crippen LogP contribution in [0.2, 0.25) is 0 Å². The summed E-state index contributed by atoms with van der Waals surface area (Å²) < 4.78 is 18.7. The minimum absolute atomic E-state index is 0.198. The van der Waals surface area contributed by atoms with E-state index < -0.39 is 12.6 Å². The van der Waals surface area contributed by atoms with Crippen LogP contribution in [0.15, 0.2) is 48.1 Å². The lowest BCUT2D eigenvalue weighted by molar-refractivity contribution is 0.0697. The molecule has 1 aliphatic rings. The number of carboxylic acids is 1. The first-order chi connectivity index (χ1) is 13.7. The minimum Gasteiger partial charge on any atom is -0.493 e. The number of rotatable bonds is 6. The molecular formula is C21H19FN2O3S. The molecule has 5 nitrogen and oxygen atoms in total. The van der Waals surface area contributed by atoms with Gasteiger partial charge in [0.1, 0.15) is 12.4 Å². The third kappa shape index (κ3) is 3.71. The number of benzene rings is 1. The zero-order valence-corrected chi connectivity index (χ0v) is 15.8. The van der Waals surface area contributed by atoms with Crippen LogP contribution in [0.25, 0.3) is 11.1 Å². The third-order valence-corrected chi connectivity index (χ3v) is 5.79. The van der Waals surface area contributed by atoms with Gasteiger partial charge in [-0.15, -0.1) is 11.3 Å². The molecule has 2 N–H and O–H groups in total. The second-order valence-electron chi connectivity index (χ2n) is 6.63. The average Bonchev–Trinajstić information content (AvgIpc) is 3.21. The number of ether oxygens (including phenoxy) is 1. The Morgan fingerprint density at radius 3 is 3.00 bits per heavy atom. The molecule has 1 aromatic carbocycles. The van der Waals surface area contributed by atoms with Crippen LogP contribution in [0.1, 0.15) is 33.1 Å². The van der Waals surface area contributed by atoms with Crippen molar-refractivity contribution in [2.75, 3.05) is 18.5 Å². The van der Waals surface area contributed by atoms with Crippen LogP contribution in [0.4, 0.5) is 10.1 Å². The van der Waals surface area contributed by atoms with E-state index in [0.717, 1.165) is 28.9 Å². The fourth-order valence-electron chi connectivity index (χ4n) is 3.41. The number of anilines is 1. The monoisotopic (exact) mass is 398 g/mol. The van der Waals surface area contributed by atoms with Gasteiger partial charge in [-0.1, -0.05) is 12.1 Å². The number of nitrogens with one attached hydrogen (secondary N) is 1. The van der Waals surface area contributed by atoms with E-state index in [1.165, 1.54) is 29.8 Å². The number of hydrogen-bond acceptors (Lipinski definition) is 5. The number of halogens is 1. The smallest absolute Gasteiger partial charge is 0.337 e. The number of aromatic carboxylic acids is 1. The molecule has 7 heteroatoms. The summed E-state index contributed by atoms with van der Waals surface area (Å²) in [6.07, 6.45) is 3.84. The highest BCUT2D eigenvalue weighted by Gasteiger charge is 2.23. The number of thiophene rings is 1. The van der Waals surface area contributed by atoms with Crippen molar-refractivity contribution in [3.8, 4) is 16.9 Å². The van der Waals surface area contributed by atoms with Gasteiger partial charge in [-0.2, -0.15) is 0 Å². The van der Waals surface area contributed by atoms with Crippen LogP contribution in [-0.2, 0) is 6.67 Å². The van der Waals surface area contributed by atoms with E-state index in [1.807, 2.05) is 29.6 Å². The zero-order valence-electron chi connectivity index (χ0n) is 15.0. The van der Waals surface area contributed by atoms with Gasteiger partial charge in [-0.25, -0.2) is 9.18 Å². The second-order valence-corrected chi connectivity index (χ2v) is 7.63. The molecule has 0 saturated carbocycles. The van der Waals surface area contributed by atoms with Crippen molar-refractivity contribution in [2.45, 2.75) is 19.0 Å². The Bertz CT molecular complexity index is 1000. The van der Waals surface area contributed by atoms with Crippen molar-refractivity contribution in [1.82, 2.24) is 4.98 Å². The van der Waals surface area contributed by atoms with Crippen molar-refractivity contribution in [2.24, 2.45) is 0 Å². The fourth-order valence-corrected chi connectivity index (χ4v) is 4.15. The van der Waals surface area contributed by atoms with Crippen molar-refractivity contribution >= 4 is 23.0 Å². The summed E-state index contributed by atoms with van der Waals surface area (Å²) in [6, 6.07) is 9.42. The largest absolute Gasteiger partial charge is 0.493 e. The molecule has 0 bridgehead atoms. The topological polar surface area (TPSA) is 71.5 Å². The summed E-state index contributed by atoms with van der Waals surface area (Å²) in [6.45, 7) is 0.736. The maximum Gasteiger partial charge on any atom is 0.337 e. The molecule has 0 spiro atoms. The predicted molar refractivity (Wildman–Crippen MR) is 107 cm³/mol. The Morgan fingerprint density at radius 2 is 2.21 bits per heavy atom. The zero-order chi connectivity index (χ0) is 19.5. The van der Waals surface area contributed by atoms with Gasteiger partial charge in [0.25, 0.3) is 0 Å². The number of alkyl halides is 1. The molecule has 4 rings (SSSR count). The molecule has 2 aromatic heterocycles. The van der Waals surface area contributed by atoms with Crippen molar-refractivity contribution in [1.29, 1.82) is 0 Å². The maximum atomic E-state index is 12.8. The standard InChI is InChI=1S/C21H19FN2O3S/c22-9-16-7-15(12-28-16)13-1-2-17-14(4-6-27-20(17)8-13)10-24-19-11-23-5-3-18(19)21(25)26/h1-3,5,7-8,11-12,14,24H,4,6,9-10H2,(H,25,26)/t14-/m1/s1. The lowest BCUT2D eigenvalue weighted by Gasteiger charge is -2.27. The summed E-state index contributed by atoms with van der Waals surface area (Å²) in [5, 5.41) is 14.5. The third-order valence-electron chi connectivity index (χ3n) is 4.89. The summed E-state index contributed by atoms with van der Waals surface area (Å²) in [4.78, 5) is 16.1. The number of fused-ring (bicyclic) bond motifs is 1. The van der Waals surface area contributed by atoms with Gasteiger partial charge in [0.2, 0.25) is 0 Å². The Balaban J connectivity index is 1.54. The van der Waals surface area contributed by atoms with Gasteiger partial charge in [0.05, 0.1) is 24.1 Å². The molecule has 1 atom stereocenters. The lowest BCUT2D eigenvalue weighted by Crippen LogP contribution is -2.21. The molecule has 0 saturated heterocycles. The van der Waals surface area contributed by atoms with E-state index in [1.54, 1.807) is 0 Å². The first-order valence-corrected chi connectivity index (χ1v) is 9.85. The van der Waals surface area contributed by atoms with Crippen LogP contribution in [0.5, 0.6) is 5.75 Å². The van der Waals surface area contributed by atoms with Crippen molar-refractivity contribution < 1.29 is 19.0 Å². The van der Waals surface area contributed by atoms with E-state index in [2.05, 4.69) is 10.3 Å². The van der Waals surface area contributed by atoms with Crippen molar-refractivity contribution in [3.63, 3.8) is 0 Å². The minimum atomic E-state index is -0.981. The quantitative estimate of drug-likeness (QED) is 0.614. The summed E-state index contributed by atoms with van der Waals surface area (Å²) in [5.41, 5.74) is 3.80. The predicted octanol–water partition coefficient (Wildman–Crippen LogP) is 4.96. The lowest BCUT2D eigenvalue weighted by atomic mass is 9.91. The summed E-state index contributed by atoms with van der Waals surface area (Å²) in [5.74, 6) is 0.0436. The molecule has 3 aromatic rings. The highest BCUT2D eigenvalue weighted by atomic mass is 32.1. The molecule has 3 heterocycles. The fraction of sp³-hybridized carbons (Fsp3) is 0.238. The number of nitrogens with zero attached hydrogens (tertiary/aromatic N) is 1. The number of aromatic nitrogens is 1. The normalized spacial score (nSPS) is 15.5. The highest BCUT2D eigenvalue weighted by Crippen LogP contribution is 2.38. The van der Waals surface area contributed by atoms with Gasteiger partial charge >= 0.3 is 5.97 Å². The van der Waals surface area contributed by atoms with Gasteiger partial charge in [0.15, 0.2) is 0 Å². The Kier molecular flexibility index (Phi) is 5.25. The number of carboxylic acid groups (broad SMARTS) is 1. The van der Waals surface area contributed by atoms with E-state index >= 15 is 0 Å². The van der Waals surface area contributed by atoms with E-state index in [0.29, 0.717) is 23.7 Å². The number of pyridine rings is 1. The Morgan fingerprint density at radius 1 is 1.32 bits per heavy atom. The van der Waals surface area contributed by atoms with Crippen LogP contribution in [0.3, 0.4) is 0 Å². The molecule has 1 aliphatic heterocycles. The van der Waals surface area contributed by atoms with Gasteiger partial charge in [-0.05, 0) is 46.7 Å². The van der Waals surface area contributed by atoms with Crippen LogP contribution >= 0.6 is 11.3 Å². The Labute approximate surface area is 165 Å². The Hall–Kier alpha value is -2.93. The van der Waals surface area contributed by atoms with E-state index in [9.17, 15) is 14.3 Å². The molecule has 0 unspecified atom stereocenters. The van der Waals surface area contributed by atoms with Crippen LogP contribution < -0.4 is 10.1 Å². The first kappa shape index (κ1) is 18.4. The molecule has 144 valence electrons. The molecular weight excluding hydrogens is 379 g/mol. The molecule has 0 aliphatic carbocycles. The number of carbonyl (C=O) groups is 1. The molecule has 0 radical (unpaired) electrons. The van der Waals surface area contributed by atoms with Crippen LogP contribution in [-0.4, -0.2) is 29.2 Å². The van der Waals surface area contributed by atoms with Crippen LogP contribution in [0, 0.1) is 0 Å². The molecule has 0 fully saturated rings. The first-order valence-electron chi connectivity index (χ1n) is 8.97. The summed E-state index contributed by atoms with van der Waals surface area (Å²) >= 11 is 1.41.